The molecule has 464 valence electrons. The van der Waals surface area contributed by atoms with Gasteiger partial charge in [-0.05, 0) is 68.5 Å². The second-order valence-corrected chi connectivity index (χ2v) is 21.9. The number of nitrogens with two attached hydrogens (primary N) is 3. The van der Waals surface area contributed by atoms with Gasteiger partial charge in [-0.2, -0.15) is 0 Å². The predicted octanol–water partition coefficient (Wildman–Crippen LogP) is 3.66. The van der Waals surface area contributed by atoms with Crippen LogP contribution in [0, 0.1) is 5.92 Å². The molecule has 24 nitrogen and oxygen atoms in total. The van der Waals surface area contributed by atoms with Crippen molar-refractivity contribution in [1.29, 1.82) is 0 Å². The number of aliphatic carboxylic acids is 1. The fraction of sp³-hybridized carbons (Fsp3) is 0.610. The predicted molar refractivity (Wildman–Crippen MR) is 319 cm³/mol. The second-order valence-electron chi connectivity index (χ2n) is 20.7. The number of ketones is 3. The highest BCUT2D eigenvalue weighted by atomic mass is 32.2. The van der Waals surface area contributed by atoms with E-state index in [4.69, 9.17) is 36.1 Å². The Morgan fingerprint density at radius 1 is 0.786 bits per heavy atom. The molecule has 1 aromatic heterocycles. The summed E-state index contributed by atoms with van der Waals surface area (Å²) in [5.74, 6) is -4.31. The number of hydrogen-bond donors (Lipinski definition) is 7. The van der Waals surface area contributed by atoms with Gasteiger partial charge in [0.05, 0.1) is 94.5 Å². The van der Waals surface area contributed by atoms with Gasteiger partial charge in [0.25, 0.3) is 5.91 Å². The Morgan fingerprint density at radius 2 is 1.48 bits per heavy atom. The summed E-state index contributed by atoms with van der Waals surface area (Å²) in [6.07, 6.45) is 9.73. The molecule has 2 aliphatic heterocycles. The molecule has 0 saturated heterocycles. The van der Waals surface area contributed by atoms with Gasteiger partial charge in [-0.1, -0.05) is 32.8 Å². The number of nitrogens with zero attached hydrogens (tertiary/aromatic N) is 4. The van der Waals surface area contributed by atoms with Gasteiger partial charge in [0.2, 0.25) is 23.6 Å². The molecule has 5 amide bonds. The zero-order chi connectivity index (χ0) is 61.1. The standard InChI is InChI=1S/C59H88N10O14S/c1-3-18-69(19-4-2)59(79)43-30-41-11-12-42(33-51(41)67-53(61)34-43)57(77)66-46-31-44-39-68(21-15-50(44)64-37-46)20-8-6-5-7-17-63-58(78)52(35-55(74)75)84-40-45(56(62)76)32-47(70)16-23-81-25-27-83-29-28-82-26-24-80-22-9-10-49(72)38-65-54(73)14-13-48(71)36-60/h11-12,30-31,33,37,45,52H,3-10,13-29,32,34-36,38-40,60H2,1-2H3,(H2,61,67)(H2,62,76)(H,63,78)(H,65,73)(H,66,77)(H,74,75). The van der Waals surface area contributed by atoms with Crippen molar-refractivity contribution < 1.29 is 67.2 Å². The minimum Gasteiger partial charge on any atom is -0.481 e. The Hall–Kier alpha value is -6.48. The number of carboxylic acid groups (broad SMARTS) is 1. The van der Waals surface area contributed by atoms with Crippen LogP contribution in [-0.4, -0.2) is 188 Å². The van der Waals surface area contributed by atoms with Crippen LogP contribution in [0.5, 0.6) is 0 Å². The third-order valence-electron chi connectivity index (χ3n) is 13.6. The summed E-state index contributed by atoms with van der Waals surface area (Å²) in [5, 5.41) is 16.9. The van der Waals surface area contributed by atoms with E-state index in [1.807, 2.05) is 30.9 Å². The first-order valence-electron chi connectivity index (χ1n) is 29.2. The van der Waals surface area contributed by atoms with Crippen LogP contribution in [-0.2, 0) is 70.3 Å². The average molecular weight is 1190 g/mol. The topological polar surface area (TPSA) is 357 Å². The monoisotopic (exact) mass is 1190 g/mol. The van der Waals surface area contributed by atoms with Crippen molar-refractivity contribution in [3.05, 3.63) is 58.4 Å². The van der Waals surface area contributed by atoms with E-state index in [9.17, 15) is 48.3 Å². The lowest BCUT2D eigenvalue weighted by Crippen LogP contribution is -2.36. The number of amides is 5. The highest BCUT2D eigenvalue weighted by Crippen LogP contribution is 2.30. The summed E-state index contributed by atoms with van der Waals surface area (Å²) >= 11 is 0.992. The van der Waals surface area contributed by atoms with Crippen LogP contribution in [0.1, 0.15) is 131 Å². The number of anilines is 1. The van der Waals surface area contributed by atoms with E-state index in [0.717, 1.165) is 74.6 Å². The maximum absolute atomic E-state index is 13.5. The van der Waals surface area contributed by atoms with Crippen LogP contribution in [0.15, 0.2) is 41.0 Å². The Bertz CT molecular complexity index is 2560. The van der Waals surface area contributed by atoms with Crippen LogP contribution in [0.4, 0.5) is 11.4 Å². The van der Waals surface area contributed by atoms with E-state index in [-0.39, 0.29) is 112 Å². The van der Waals surface area contributed by atoms with Crippen molar-refractivity contribution in [3.63, 3.8) is 0 Å². The zero-order valence-corrected chi connectivity index (χ0v) is 49.7. The molecule has 0 bridgehead atoms. The first kappa shape index (κ1) is 70.0. The quantitative estimate of drug-likeness (QED) is 0.0465. The number of carbonyl (C=O) groups is 9. The van der Waals surface area contributed by atoms with E-state index in [1.54, 1.807) is 24.4 Å². The number of aliphatic imine (C=N–C) groups is 1. The molecule has 0 aliphatic carbocycles. The molecular formula is C59H88N10O14S. The molecule has 25 heteroatoms. The summed E-state index contributed by atoms with van der Waals surface area (Å²) in [7, 11) is 0. The highest BCUT2D eigenvalue weighted by molar-refractivity contribution is 8.00. The molecule has 10 N–H and O–H groups in total. The van der Waals surface area contributed by atoms with Crippen molar-refractivity contribution >= 4 is 87.9 Å². The summed E-state index contributed by atoms with van der Waals surface area (Å²) in [4.78, 5) is 125. The molecule has 0 radical (unpaired) electrons. The molecule has 0 fully saturated rings. The van der Waals surface area contributed by atoms with Crippen molar-refractivity contribution in [3.8, 4) is 0 Å². The maximum atomic E-state index is 13.5. The summed E-state index contributed by atoms with van der Waals surface area (Å²) in [6.45, 7) is 10.2. The van der Waals surface area contributed by atoms with Gasteiger partial charge < -0.3 is 62.1 Å². The van der Waals surface area contributed by atoms with Crippen molar-refractivity contribution in [2.75, 3.05) is 110 Å². The Kier molecular flexibility index (Phi) is 33.3. The number of unbranched alkanes of at least 4 members (excludes halogenated alkanes) is 3. The van der Waals surface area contributed by atoms with Gasteiger partial charge >= 0.3 is 5.97 Å². The number of benzene rings is 1. The van der Waals surface area contributed by atoms with E-state index in [2.05, 4.69) is 30.8 Å². The van der Waals surface area contributed by atoms with Gasteiger partial charge in [0.1, 0.15) is 17.4 Å². The number of thioether (sulfide) groups is 1. The number of amidine groups is 1. The number of Topliss-reactive ketones (excluding diaryl/α,β-unsaturated/α-hetero) is 3. The van der Waals surface area contributed by atoms with E-state index < -0.39 is 35.4 Å². The van der Waals surface area contributed by atoms with Gasteiger partial charge in [0, 0.05) is 112 Å². The number of nitrogens with one attached hydrogen (secondary N) is 3. The Balaban J connectivity index is 1.04. The molecule has 2 aromatic rings. The Labute approximate surface area is 496 Å². The number of hydrogen-bond acceptors (Lipinski definition) is 19. The highest BCUT2D eigenvalue weighted by Gasteiger charge is 2.28. The summed E-state index contributed by atoms with van der Waals surface area (Å²) in [6, 6.07) is 7.15. The smallest absolute Gasteiger partial charge is 0.305 e. The van der Waals surface area contributed by atoms with Crippen LogP contribution in [0.2, 0.25) is 0 Å². The number of rotatable bonds is 45. The van der Waals surface area contributed by atoms with Gasteiger partial charge in [0.15, 0.2) is 5.78 Å². The SMILES string of the molecule is CCCN(CCC)C(=O)C1=Cc2ccc(C(=O)Nc3cnc4c(c3)CN(CCCCCCNC(=O)C(CC(=O)O)SCC(CC(=O)CCOCCOCCOCCOCCCC(=O)CNC(=O)CCC(=O)CN)C(N)=O)CC4)cc2N=C(N)C1. The lowest BCUT2D eigenvalue weighted by Gasteiger charge is -2.28. The first-order chi connectivity index (χ1) is 40.5. The molecule has 0 spiro atoms. The van der Waals surface area contributed by atoms with E-state index in [0.29, 0.717) is 106 Å². The van der Waals surface area contributed by atoms with Crippen molar-refractivity contribution in [2.24, 2.45) is 28.1 Å². The molecule has 84 heavy (non-hydrogen) atoms. The fourth-order valence-electron chi connectivity index (χ4n) is 9.10. The summed E-state index contributed by atoms with van der Waals surface area (Å²) < 4.78 is 21.9. The average Bonchev–Trinajstić information content (AvgIpc) is 3.89. The molecule has 2 unspecified atom stereocenters. The first-order valence-corrected chi connectivity index (χ1v) is 30.3. The Morgan fingerprint density at radius 3 is 2.15 bits per heavy atom. The van der Waals surface area contributed by atoms with Crippen molar-refractivity contribution in [1.82, 2.24) is 25.4 Å². The third kappa shape index (κ3) is 27.5. The zero-order valence-electron chi connectivity index (χ0n) is 48.9. The second kappa shape index (κ2) is 39.9. The molecule has 0 saturated carbocycles. The summed E-state index contributed by atoms with van der Waals surface area (Å²) in [5.41, 5.74) is 21.9. The molecule has 1 aromatic carbocycles. The van der Waals surface area contributed by atoms with Crippen molar-refractivity contribution in [2.45, 2.75) is 122 Å². The number of fused-ring (bicyclic) bond motifs is 2. The molecule has 2 atom stereocenters. The number of carboxylic acids is 1. The lowest BCUT2D eigenvalue weighted by atomic mass is 10.0. The fourth-order valence-corrected chi connectivity index (χ4v) is 10.3. The number of pyridine rings is 1. The number of carbonyl (C=O) groups excluding carboxylic acids is 8. The van der Waals surface area contributed by atoms with Gasteiger partial charge in [-0.15, -0.1) is 11.8 Å². The molecule has 4 rings (SSSR count). The normalized spacial score (nSPS) is 13.7. The lowest BCUT2D eigenvalue weighted by molar-refractivity contribution is -0.138. The molecule has 2 aliphatic rings. The van der Waals surface area contributed by atoms with E-state index in [1.165, 1.54) is 0 Å². The number of ether oxygens (including phenoxy) is 4. The maximum Gasteiger partial charge on any atom is 0.305 e. The minimum absolute atomic E-state index is 0.00208. The number of primary amides is 1. The largest absolute Gasteiger partial charge is 0.481 e. The van der Waals surface area contributed by atoms with Gasteiger partial charge in [-0.25, -0.2) is 4.99 Å². The van der Waals surface area contributed by atoms with E-state index >= 15 is 0 Å². The van der Waals surface area contributed by atoms with Crippen LogP contribution in [0.3, 0.4) is 0 Å². The molecular weight excluding hydrogens is 1100 g/mol. The van der Waals surface area contributed by atoms with Crippen LogP contribution < -0.4 is 33.2 Å². The van der Waals surface area contributed by atoms with Gasteiger partial charge in [-0.3, -0.25) is 53.0 Å². The third-order valence-corrected chi connectivity index (χ3v) is 15.0. The number of aromatic nitrogens is 1. The minimum atomic E-state index is -1.17. The molecule has 3 heterocycles. The van der Waals surface area contributed by atoms with Crippen LogP contribution >= 0.6 is 11.8 Å². The van der Waals surface area contributed by atoms with Crippen LogP contribution in [0.25, 0.3) is 6.08 Å².